The highest BCUT2D eigenvalue weighted by molar-refractivity contribution is 7.09. The Balaban J connectivity index is 2.21. The molecule has 0 saturated heterocycles. The molecule has 0 aliphatic heterocycles. The molecule has 1 heterocycles. The molecule has 2 rings (SSSR count). The van der Waals surface area contributed by atoms with Crippen molar-refractivity contribution in [3.8, 4) is 11.5 Å². The number of rotatable bonds is 10. The first-order chi connectivity index (χ1) is 14.2. The quantitative estimate of drug-likeness (QED) is 0.616. The minimum absolute atomic E-state index is 0.137. The van der Waals surface area contributed by atoms with Crippen molar-refractivity contribution in [1.82, 2.24) is 15.2 Å². The van der Waals surface area contributed by atoms with Crippen molar-refractivity contribution < 1.29 is 19.1 Å². The van der Waals surface area contributed by atoms with Gasteiger partial charge in [0.2, 0.25) is 0 Å². The lowest BCUT2D eigenvalue weighted by Gasteiger charge is -2.24. The van der Waals surface area contributed by atoms with Gasteiger partial charge in [-0.25, -0.2) is 4.98 Å². The maximum absolute atomic E-state index is 13.3. The molecule has 0 unspecified atom stereocenters. The van der Waals surface area contributed by atoms with Crippen LogP contribution in [0, 0.1) is 11.8 Å². The average molecular weight is 434 g/mol. The van der Waals surface area contributed by atoms with E-state index in [9.17, 15) is 9.59 Å². The van der Waals surface area contributed by atoms with Gasteiger partial charge in [0.05, 0.1) is 20.8 Å². The van der Waals surface area contributed by atoms with Gasteiger partial charge in [-0.2, -0.15) is 0 Å². The van der Waals surface area contributed by atoms with E-state index >= 15 is 0 Å². The van der Waals surface area contributed by atoms with Gasteiger partial charge >= 0.3 is 0 Å². The van der Waals surface area contributed by atoms with Crippen molar-refractivity contribution in [1.29, 1.82) is 0 Å². The van der Waals surface area contributed by atoms with Crippen LogP contribution in [-0.4, -0.2) is 49.0 Å². The Morgan fingerprint density at radius 1 is 1.07 bits per heavy atom. The molecule has 0 saturated carbocycles. The summed E-state index contributed by atoms with van der Waals surface area (Å²) >= 11 is 1.38. The van der Waals surface area contributed by atoms with Crippen molar-refractivity contribution in [2.45, 2.75) is 34.2 Å². The van der Waals surface area contributed by atoms with Crippen molar-refractivity contribution in [2.75, 3.05) is 27.3 Å². The number of methoxy groups -OCH3 is 2. The van der Waals surface area contributed by atoms with Crippen molar-refractivity contribution >= 4 is 23.2 Å². The van der Waals surface area contributed by atoms with Crippen LogP contribution >= 0.6 is 11.3 Å². The van der Waals surface area contributed by atoms with Gasteiger partial charge in [0.25, 0.3) is 11.8 Å². The van der Waals surface area contributed by atoms with Crippen LogP contribution in [0.3, 0.4) is 0 Å². The fraction of sp³-hybridized carbons (Fsp3) is 0.500. The second kappa shape index (κ2) is 11.0. The summed E-state index contributed by atoms with van der Waals surface area (Å²) in [5, 5.41) is 5.32. The third kappa shape index (κ3) is 6.73. The Hall–Kier alpha value is -2.61. The third-order valence-corrected chi connectivity index (χ3v) is 5.09. The number of thiazole rings is 1. The van der Waals surface area contributed by atoms with Crippen molar-refractivity contribution in [3.63, 3.8) is 0 Å². The van der Waals surface area contributed by atoms with E-state index in [0.717, 1.165) is 0 Å². The SMILES string of the molecule is COc1cc(OC)cc(C(=O)N(Cc2nc(C(=O)NCC(C)C)cs2)CC(C)C)c1. The van der Waals surface area contributed by atoms with E-state index in [-0.39, 0.29) is 17.7 Å². The molecule has 0 aliphatic rings. The summed E-state index contributed by atoms with van der Waals surface area (Å²) in [6.07, 6.45) is 0. The summed E-state index contributed by atoms with van der Waals surface area (Å²) in [5.74, 6) is 1.43. The fourth-order valence-corrected chi connectivity index (χ4v) is 3.60. The van der Waals surface area contributed by atoms with E-state index in [1.807, 2.05) is 13.8 Å². The van der Waals surface area contributed by atoms with Gasteiger partial charge < -0.3 is 19.7 Å². The molecular weight excluding hydrogens is 402 g/mol. The molecule has 1 N–H and O–H groups in total. The Morgan fingerprint density at radius 3 is 2.23 bits per heavy atom. The van der Waals surface area contributed by atoms with E-state index in [2.05, 4.69) is 24.1 Å². The zero-order valence-corrected chi connectivity index (χ0v) is 19.3. The van der Waals surface area contributed by atoms with Gasteiger partial charge in [-0.3, -0.25) is 9.59 Å². The van der Waals surface area contributed by atoms with Crippen LogP contribution in [-0.2, 0) is 6.54 Å². The summed E-state index contributed by atoms with van der Waals surface area (Å²) in [7, 11) is 3.10. The van der Waals surface area contributed by atoms with E-state index in [0.29, 0.717) is 53.3 Å². The highest BCUT2D eigenvalue weighted by Gasteiger charge is 2.21. The summed E-state index contributed by atoms with van der Waals surface area (Å²) in [4.78, 5) is 31.7. The minimum atomic E-state index is -0.189. The van der Waals surface area contributed by atoms with E-state index in [1.54, 1.807) is 42.7 Å². The highest BCUT2D eigenvalue weighted by atomic mass is 32.1. The molecule has 2 amide bonds. The molecule has 7 nitrogen and oxygen atoms in total. The lowest BCUT2D eigenvalue weighted by Crippen LogP contribution is -2.34. The smallest absolute Gasteiger partial charge is 0.270 e. The molecule has 1 aromatic heterocycles. The maximum atomic E-state index is 13.3. The van der Waals surface area contributed by atoms with Crippen LogP contribution in [0.2, 0.25) is 0 Å². The van der Waals surface area contributed by atoms with Crippen LogP contribution < -0.4 is 14.8 Å². The van der Waals surface area contributed by atoms with Gasteiger partial charge in [-0.05, 0) is 24.0 Å². The van der Waals surface area contributed by atoms with Gasteiger partial charge in [0.15, 0.2) is 0 Å². The predicted molar refractivity (Wildman–Crippen MR) is 118 cm³/mol. The standard InChI is InChI=1S/C22H31N3O4S/c1-14(2)10-23-21(26)19-13-30-20(24-19)12-25(11-15(3)4)22(27)16-7-17(28-5)9-18(8-16)29-6/h7-9,13-15H,10-12H2,1-6H3,(H,23,26). The molecule has 0 atom stereocenters. The highest BCUT2D eigenvalue weighted by Crippen LogP contribution is 2.24. The number of nitrogens with zero attached hydrogens (tertiary/aromatic N) is 2. The summed E-state index contributed by atoms with van der Waals surface area (Å²) < 4.78 is 10.6. The van der Waals surface area contributed by atoms with Gasteiger partial charge in [-0.15, -0.1) is 11.3 Å². The first kappa shape index (κ1) is 23.7. The number of hydrogen-bond donors (Lipinski definition) is 1. The molecule has 8 heteroatoms. The van der Waals surface area contributed by atoms with Gasteiger partial charge in [0.1, 0.15) is 22.2 Å². The summed E-state index contributed by atoms with van der Waals surface area (Å²) in [6.45, 7) is 9.68. The van der Waals surface area contributed by atoms with E-state index in [1.165, 1.54) is 11.3 Å². The Bertz CT molecular complexity index is 842. The van der Waals surface area contributed by atoms with Crippen molar-refractivity contribution in [3.05, 3.63) is 39.8 Å². The summed E-state index contributed by atoms with van der Waals surface area (Å²) in [5.41, 5.74) is 0.869. The number of nitrogens with one attached hydrogen (secondary N) is 1. The number of amides is 2. The lowest BCUT2D eigenvalue weighted by atomic mass is 10.1. The minimum Gasteiger partial charge on any atom is -0.497 e. The number of aromatic nitrogens is 1. The second-order valence-corrected chi connectivity index (χ2v) is 8.85. The number of carbonyl (C=O) groups is 2. The average Bonchev–Trinajstić information content (AvgIpc) is 3.18. The first-order valence-corrected chi connectivity index (χ1v) is 10.9. The Labute approximate surface area is 182 Å². The fourth-order valence-electron chi connectivity index (χ4n) is 2.81. The molecular formula is C22H31N3O4S. The number of hydrogen-bond acceptors (Lipinski definition) is 6. The van der Waals surface area contributed by atoms with Crippen LogP contribution in [0.5, 0.6) is 11.5 Å². The lowest BCUT2D eigenvalue weighted by molar-refractivity contribution is 0.0721. The van der Waals surface area contributed by atoms with Crippen LogP contribution in [0.15, 0.2) is 23.6 Å². The third-order valence-electron chi connectivity index (χ3n) is 4.25. The normalized spacial score (nSPS) is 10.9. The number of ether oxygens (including phenoxy) is 2. The summed E-state index contributed by atoms with van der Waals surface area (Å²) in [6, 6.07) is 5.13. The molecule has 164 valence electrons. The first-order valence-electron chi connectivity index (χ1n) is 9.98. The van der Waals surface area contributed by atoms with Crippen LogP contribution in [0.4, 0.5) is 0 Å². The molecule has 30 heavy (non-hydrogen) atoms. The molecule has 2 aromatic rings. The number of carbonyl (C=O) groups excluding carboxylic acids is 2. The largest absolute Gasteiger partial charge is 0.497 e. The Kier molecular flexibility index (Phi) is 8.65. The molecule has 0 bridgehead atoms. The van der Waals surface area contributed by atoms with Crippen molar-refractivity contribution in [2.24, 2.45) is 11.8 Å². The topological polar surface area (TPSA) is 80.8 Å². The Morgan fingerprint density at radius 2 is 1.70 bits per heavy atom. The predicted octanol–water partition coefficient (Wildman–Crippen LogP) is 3.84. The van der Waals surface area contributed by atoms with Crippen LogP contribution in [0.25, 0.3) is 0 Å². The van der Waals surface area contributed by atoms with E-state index in [4.69, 9.17) is 9.47 Å². The van der Waals surface area contributed by atoms with Gasteiger partial charge in [0, 0.05) is 30.1 Å². The molecule has 0 aliphatic carbocycles. The molecule has 0 fully saturated rings. The maximum Gasteiger partial charge on any atom is 0.270 e. The zero-order chi connectivity index (χ0) is 22.3. The second-order valence-electron chi connectivity index (χ2n) is 7.91. The van der Waals surface area contributed by atoms with Crippen LogP contribution in [0.1, 0.15) is 53.5 Å². The number of benzene rings is 1. The molecule has 0 spiro atoms. The molecule has 0 radical (unpaired) electrons. The van der Waals surface area contributed by atoms with E-state index < -0.39 is 0 Å². The molecule has 1 aromatic carbocycles. The monoisotopic (exact) mass is 433 g/mol. The van der Waals surface area contributed by atoms with Gasteiger partial charge in [-0.1, -0.05) is 27.7 Å². The zero-order valence-electron chi connectivity index (χ0n) is 18.5.